The van der Waals surface area contributed by atoms with E-state index in [0.29, 0.717) is 23.2 Å². The fraction of sp³-hybridized carbons (Fsp3) is 0.909. The minimum Gasteiger partial charge on any atom is -0.355 e. The second-order valence-corrected chi connectivity index (χ2v) is 10.9. The molecular formula is C22H39N5O2S. The summed E-state index contributed by atoms with van der Waals surface area (Å²) in [5, 5.41) is 13.9. The number of unbranched alkanes of at least 4 members (excludes halogenated alkanes) is 1. The van der Waals surface area contributed by atoms with Crippen LogP contribution in [0.4, 0.5) is 0 Å². The van der Waals surface area contributed by atoms with Crippen LogP contribution in [-0.2, 0) is 9.59 Å². The van der Waals surface area contributed by atoms with Gasteiger partial charge in [-0.15, -0.1) is 11.8 Å². The summed E-state index contributed by atoms with van der Waals surface area (Å²) in [6.45, 7) is 6.82. The Balaban J connectivity index is 1.05. The van der Waals surface area contributed by atoms with E-state index in [0.717, 1.165) is 82.9 Å². The maximum absolute atomic E-state index is 12.6. The summed E-state index contributed by atoms with van der Waals surface area (Å²) in [5.74, 6) is 2.72. The summed E-state index contributed by atoms with van der Waals surface area (Å²) in [4.78, 5) is 27.1. The Morgan fingerprint density at radius 1 is 1.10 bits per heavy atom. The lowest BCUT2D eigenvalue weighted by molar-refractivity contribution is -0.134. The summed E-state index contributed by atoms with van der Waals surface area (Å²) in [6, 6.07) is 0.531. The van der Waals surface area contributed by atoms with E-state index in [1.807, 2.05) is 11.8 Å². The van der Waals surface area contributed by atoms with Crippen molar-refractivity contribution in [3.05, 3.63) is 0 Å². The van der Waals surface area contributed by atoms with E-state index in [1.54, 1.807) is 0 Å². The zero-order valence-electron chi connectivity index (χ0n) is 18.3. The lowest BCUT2D eigenvalue weighted by Gasteiger charge is -2.33. The predicted octanol–water partition coefficient (Wildman–Crippen LogP) is 0.903. The summed E-state index contributed by atoms with van der Waals surface area (Å²) < 4.78 is 0. The van der Waals surface area contributed by atoms with Gasteiger partial charge in [0.1, 0.15) is 0 Å². The molecule has 5 atom stereocenters. The van der Waals surface area contributed by atoms with Crippen LogP contribution >= 0.6 is 11.8 Å². The normalized spacial score (nSPS) is 34.7. The third kappa shape index (κ3) is 5.69. The minimum absolute atomic E-state index is 0.00231. The quantitative estimate of drug-likeness (QED) is 0.443. The highest BCUT2D eigenvalue weighted by atomic mass is 32.2. The van der Waals surface area contributed by atoms with Crippen LogP contribution in [0, 0.1) is 11.8 Å². The molecule has 4 aliphatic rings. The predicted molar refractivity (Wildman–Crippen MR) is 121 cm³/mol. The highest BCUT2D eigenvalue weighted by molar-refractivity contribution is 8.00. The second-order valence-electron chi connectivity index (χ2n) is 9.56. The van der Waals surface area contributed by atoms with Crippen LogP contribution in [0.25, 0.3) is 0 Å². The van der Waals surface area contributed by atoms with Crippen molar-refractivity contribution in [2.45, 2.75) is 75.4 Å². The van der Waals surface area contributed by atoms with Crippen molar-refractivity contribution in [2.75, 3.05) is 38.5 Å². The molecule has 0 aromatic carbocycles. The Labute approximate surface area is 185 Å². The Morgan fingerprint density at radius 3 is 2.67 bits per heavy atom. The molecule has 8 heteroatoms. The van der Waals surface area contributed by atoms with E-state index in [1.165, 1.54) is 6.42 Å². The van der Waals surface area contributed by atoms with Gasteiger partial charge in [-0.05, 0) is 64.0 Å². The Bertz CT molecular complexity index is 584. The maximum atomic E-state index is 12.6. The largest absolute Gasteiger partial charge is 0.355 e. The smallest absolute Gasteiger partial charge is 0.240 e. The van der Waals surface area contributed by atoms with Gasteiger partial charge in [0.05, 0.1) is 17.5 Å². The molecule has 0 bridgehead atoms. The minimum atomic E-state index is -0.00231. The van der Waals surface area contributed by atoms with Crippen LogP contribution in [0.15, 0.2) is 0 Å². The summed E-state index contributed by atoms with van der Waals surface area (Å²) in [7, 11) is 0. The van der Waals surface area contributed by atoms with Gasteiger partial charge in [-0.2, -0.15) is 0 Å². The summed E-state index contributed by atoms with van der Waals surface area (Å²) in [5.41, 5.74) is 0. The van der Waals surface area contributed by atoms with Crippen molar-refractivity contribution in [1.82, 2.24) is 26.2 Å². The number of rotatable bonds is 7. The number of fused-ring (bicyclic) bond motifs is 1. The van der Waals surface area contributed by atoms with Gasteiger partial charge < -0.3 is 20.9 Å². The number of amides is 2. The first kappa shape index (κ1) is 22.4. The number of hydrogen-bond acceptors (Lipinski definition) is 6. The first-order valence-corrected chi connectivity index (χ1v) is 13.1. The van der Waals surface area contributed by atoms with Gasteiger partial charge in [0.25, 0.3) is 0 Å². The fourth-order valence-electron chi connectivity index (χ4n) is 5.52. The van der Waals surface area contributed by atoms with Crippen molar-refractivity contribution in [2.24, 2.45) is 11.8 Å². The SMILES string of the molecule is CC1NC(C(=O)N2CCC(CCCCNC(=O)C3CC4CNCCC4N3)CC2)CS1. The molecule has 4 saturated heterocycles. The standard InChI is InChI=1S/C22H39N5O2S/c1-15-25-20(14-30-15)22(29)27-10-6-16(7-11-27)4-2-3-8-24-21(28)19-12-17-13-23-9-5-18(17)26-19/h15-20,23,25-26H,2-14H2,1H3,(H,24,28). The van der Waals surface area contributed by atoms with Crippen molar-refractivity contribution >= 4 is 23.6 Å². The van der Waals surface area contributed by atoms with Crippen LogP contribution < -0.4 is 21.3 Å². The third-order valence-corrected chi connectivity index (χ3v) is 8.55. The molecule has 4 N–H and O–H groups in total. The third-order valence-electron chi connectivity index (χ3n) is 7.39. The molecule has 5 unspecified atom stereocenters. The van der Waals surface area contributed by atoms with Crippen LogP contribution in [-0.4, -0.2) is 78.7 Å². The van der Waals surface area contributed by atoms with Gasteiger partial charge in [-0.1, -0.05) is 12.8 Å². The molecule has 7 nitrogen and oxygen atoms in total. The van der Waals surface area contributed by atoms with Crippen LogP contribution in [0.5, 0.6) is 0 Å². The zero-order valence-corrected chi connectivity index (χ0v) is 19.1. The van der Waals surface area contributed by atoms with Crippen molar-refractivity contribution in [1.29, 1.82) is 0 Å². The lowest BCUT2D eigenvalue weighted by Crippen LogP contribution is -2.48. The second kappa shape index (κ2) is 10.7. The molecule has 0 aromatic heterocycles. The number of piperidine rings is 2. The van der Waals surface area contributed by atoms with Gasteiger partial charge in [0.15, 0.2) is 0 Å². The number of nitrogens with one attached hydrogen (secondary N) is 4. The molecule has 170 valence electrons. The van der Waals surface area contributed by atoms with Crippen molar-refractivity contribution in [3.63, 3.8) is 0 Å². The average molecular weight is 438 g/mol. The highest BCUT2D eigenvalue weighted by Gasteiger charge is 2.38. The Kier molecular flexibility index (Phi) is 7.95. The molecule has 0 spiro atoms. The van der Waals surface area contributed by atoms with E-state index in [2.05, 4.69) is 33.1 Å². The van der Waals surface area contributed by atoms with E-state index >= 15 is 0 Å². The molecule has 0 aliphatic carbocycles. The molecule has 2 amide bonds. The first-order valence-electron chi connectivity index (χ1n) is 12.0. The molecule has 4 rings (SSSR count). The van der Waals surface area contributed by atoms with Gasteiger partial charge in [-0.3, -0.25) is 14.9 Å². The average Bonchev–Trinajstić information content (AvgIpc) is 3.39. The first-order chi connectivity index (χ1) is 14.6. The molecular weight excluding hydrogens is 398 g/mol. The molecule has 4 heterocycles. The molecule has 30 heavy (non-hydrogen) atoms. The highest BCUT2D eigenvalue weighted by Crippen LogP contribution is 2.26. The lowest BCUT2D eigenvalue weighted by atomic mass is 9.91. The zero-order chi connectivity index (χ0) is 20.9. The number of carbonyl (C=O) groups is 2. The molecule has 0 saturated carbocycles. The van der Waals surface area contributed by atoms with Crippen molar-refractivity contribution < 1.29 is 9.59 Å². The Hall–Kier alpha value is -0.830. The fourth-order valence-corrected chi connectivity index (χ4v) is 6.50. The summed E-state index contributed by atoms with van der Waals surface area (Å²) in [6.07, 6.45) is 7.76. The molecule has 4 aliphatic heterocycles. The monoisotopic (exact) mass is 437 g/mol. The van der Waals surface area contributed by atoms with Gasteiger partial charge in [0, 0.05) is 31.4 Å². The van der Waals surface area contributed by atoms with Gasteiger partial charge in [0.2, 0.25) is 11.8 Å². The van der Waals surface area contributed by atoms with Crippen molar-refractivity contribution in [3.8, 4) is 0 Å². The number of nitrogens with zero attached hydrogens (tertiary/aromatic N) is 1. The van der Waals surface area contributed by atoms with Crippen LogP contribution in [0.2, 0.25) is 0 Å². The maximum Gasteiger partial charge on any atom is 0.240 e. The topological polar surface area (TPSA) is 85.5 Å². The van der Waals surface area contributed by atoms with E-state index < -0.39 is 0 Å². The number of carbonyl (C=O) groups excluding carboxylic acids is 2. The van der Waals surface area contributed by atoms with Crippen LogP contribution in [0.3, 0.4) is 0 Å². The van der Waals surface area contributed by atoms with Crippen LogP contribution in [0.1, 0.15) is 51.9 Å². The van der Waals surface area contributed by atoms with E-state index in [-0.39, 0.29) is 18.0 Å². The van der Waals surface area contributed by atoms with E-state index in [4.69, 9.17) is 0 Å². The number of likely N-dealkylation sites (tertiary alicyclic amines) is 1. The number of thioether (sulfide) groups is 1. The Morgan fingerprint density at radius 2 is 1.93 bits per heavy atom. The number of hydrogen-bond donors (Lipinski definition) is 4. The molecule has 0 radical (unpaired) electrons. The van der Waals surface area contributed by atoms with Gasteiger partial charge >= 0.3 is 0 Å². The van der Waals surface area contributed by atoms with E-state index in [9.17, 15) is 9.59 Å². The summed E-state index contributed by atoms with van der Waals surface area (Å²) >= 11 is 1.83. The molecule has 0 aromatic rings. The molecule has 4 fully saturated rings. The van der Waals surface area contributed by atoms with Gasteiger partial charge in [-0.25, -0.2) is 0 Å².